The van der Waals surface area contributed by atoms with Crippen LogP contribution >= 0.6 is 23.1 Å². The van der Waals surface area contributed by atoms with Gasteiger partial charge in [0.1, 0.15) is 10.5 Å². The summed E-state index contributed by atoms with van der Waals surface area (Å²) in [5.74, 6) is 1.15. The van der Waals surface area contributed by atoms with Gasteiger partial charge in [0.25, 0.3) is 11.5 Å². The summed E-state index contributed by atoms with van der Waals surface area (Å²) in [6, 6.07) is 12.9. The van der Waals surface area contributed by atoms with Crippen molar-refractivity contribution in [3.05, 3.63) is 81.3 Å². The lowest BCUT2D eigenvalue weighted by atomic mass is 10.1. The molecule has 0 spiro atoms. The highest BCUT2D eigenvalue weighted by Crippen LogP contribution is 2.23. The van der Waals surface area contributed by atoms with Crippen molar-refractivity contribution in [2.24, 2.45) is 7.05 Å². The van der Waals surface area contributed by atoms with Crippen LogP contribution in [-0.2, 0) is 19.3 Å². The molecule has 3 heterocycles. The van der Waals surface area contributed by atoms with E-state index in [1.807, 2.05) is 35.7 Å². The number of amides is 1. The SMILES string of the molecule is Cn1c(SCc2cccc(C(=O)NCc3ccco3)c2)nc2ccsc2c1=O. The van der Waals surface area contributed by atoms with Crippen LogP contribution in [-0.4, -0.2) is 15.5 Å². The predicted molar refractivity (Wildman–Crippen MR) is 111 cm³/mol. The van der Waals surface area contributed by atoms with E-state index in [0.29, 0.717) is 33.5 Å². The average molecular weight is 412 g/mol. The Bertz CT molecular complexity index is 1180. The van der Waals surface area contributed by atoms with E-state index in [1.165, 1.54) is 23.1 Å². The molecule has 8 heteroatoms. The van der Waals surface area contributed by atoms with Crippen LogP contribution in [0.3, 0.4) is 0 Å². The van der Waals surface area contributed by atoms with E-state index >= 15 is 0 Å². The summed E-state index contributed by atoms with van der Waals surface area (Å²) in [5.41, 5.74) is 2.25. The second-order valence-electron chi connectivity index (χ2n) is 6.14. The molecular formula is C20H17N3O3S2. The number of rotatable bonds is 6. The molecule has 4 rings (SSSR count). The maximum absolute atomic E-state index is 12.4. The average Bonchev–Trinajstić information content (AvgIpc) is 3.40. The summed E-state index contributed by atoms with van der Waals surface area (Å²) in [5, 5.41) is 5.37. The Morgan fingerprint density at radius 2 is 2.18 bits per heavy atom. The van der Waals surface area contributed by atoms with Gasteiger partial charge >= 0.3 is 0 Å². The first kappa shape index (κ1) is 18.5. The topological polar surface area (TPSA) is 77.1 Å². The van der Waals surface area contributed by atoms with Crippen molar-refractivity contribution in [3.63, 3.8) is 0 Å². The molecule has 1 amide bonds. The third kappa shape index (κ3) is 3.88. The molecule has 0 atom stereocenters. The lowest BCUT2D eigenvalue weighted by Crippen LogP contribution is -2.22. The first-order valence-electron chi connectivity index (χ1n) is 8.58. The van der Waals surface area contributed by atoms with Crippen LogP contribution in [0.25, 0.3) is 10.2 Å². The Morgan fingerprint density at radius 3 is 3.00 bits per heavy atom. The predicted octanol–water partition coefficient (Wildman–Crippen LogP) is 3.81. The van der Waals surface area contributed by atoms with Gasteiger partial charge in [-0.3, -0.25) is 14.2 Å². The largest absolute Gasteiger partial charge is 0.467 e. The number of furan rings is 1. The number of fused-ring (bicyclic) bond motifs is 1. The maximum Gasteiger partial charge on any atom is 0.271 e. The zero-order chi connectivity index (χ0) is 19.5. The molecule has 28 heavy (non-hydrogen) atoms. The van der Waals surface area contributed by atoms with Gasteiger partial charge in [0, 0.05) is 18.4 Å². The quantitative estimate of drug-likeness (QED) is 0.386. The molecule has 0 fully saturated rings. The third-order valence-electron chi connectivity index (χ3n) is 4.21. The van der Waals surface area contributed by atoms with E-state index in [4.69, 9.17) is 4.42 Å². The molecule has 0 aliphatic carbocycles. The van der Waals surface area contributed by atoms with Crippen molar-refractivity contribution in [3.8, 4) is 0 Å². The number of thioether (sulfide) groups is 1. The van der Waals surface area contributed by atoms with Gasteiger partial charge in [-0.05, 0) is 41.3 Å². The minimum Gasteiger partial charge on any atom is -0.467 e. The number of hydrogen-bond donors (Lipinski definition) is 1. The Morgan fingerprint density at radius 1 is 1.29 bits per heavy atom. The van der Waals surface area contributed by atoms with E-state index in [1.54, 1.807) is 30.0 Å². The first-order valence-corrected chi connectivity index (χ1v) is 10.4. The Kier molecular flexibility index (Phi) is 5.31. The molecular weight excluding hydrogens is 394 g/mol. The van der Waals surface area contributed by atoms with Gasteiger partial charge in [0.05, 0.1) is 18.3 Å². The molecule has 6 nitrogen and oxygen atoms in total. The molecule has 4 aromatic rings. The minimum atomic E-state index is -0.159. The highest BCUT2D eigenvalue weighted by molar-refractivity contribution is 7.98. The van der Waals surface area contributed by atoms with Crippen LogP contribution in [0.15, 0.2) is 68.5 Å². The molecule has 1 N–H and O–H groups in total. The molecule has 0 aliphatic rings. The van der Waals surface area contributed by atoms with Crippen LogP contribution in [0.2, 0.25) is 0 Å². The van der Waals surface area contributed by atoms with E-state index in [2.05, 4.69) is 10.3 Å². The minimum absolute atomic E-state index is 0.0337. The number of hydrogen-bond acceptors (Lipinski definition) is 6. The zero-order valence-corrected chi connectivity index (χ0v) is 16.7. The van der Waals surface area contributed by atoms with Crippen molar-refractivity contribution in [1.82, 2.24) is 14.9 Å². The van der Waals surface area contributed by atoms with Crippen LogP contribution in [0.1, 0.15) is 21.7 Å². The summed E-state index contributed by atoms with van der Waals surface area (Å²) in [7, 11) is 1.73. The van der Waals surface area contributed by atoms with Crippen LogP contribution in [0.4, 0.5) is 0 Å². The van der Waals surface area contributed by atoms with E-state index in [9.17, 15) is 9.59 Å². The third-order valence-corrected chi connectivity index (χ3v) is 6.20. The molecule has 0 radical (unpaired) electrons. The lowest BCUT2D eigenvalue weighted by molar-refractivity contribution is 0.0948. The van der Waals surface area contributed by atoms with Gasteiger partial charge in [-0.1, -0.05) is 23.9 Å². The van der Waals surface area contributed by atoms with E-state index < -0.39 is 0 Å². The van der Waals surface area contributed by atoms with Crippen molar-refractivity contribution in [1.29, 1.82) is 0 Å². The fraction of sp³-hybridized carbons (Fsp3) is 0.150. The van der Waals surface area contributed by atoms with Crippen LogP contribution in [0.5, 0.6) is 0 Å². The number of nitrogens with one attached hydrogen (secondary N) is 1. The summed E-state index contributed by atoms with van der Waals surface area (Å²) in [6.07, 6.45) is 1.58. The molecule has 0 saturated carbocycles. The van der Waals surface area contributed by atoms with Crippen molar-refractivity contribution >= 4 is 39.2 Å². The number of thiophene rings is 1. The van der Waals surface area contributed by atoms with Gasteiger partial charge < -0.3 is 9.73 Å². The number of carbonyl (C=O) groups excluding carboxylic acids is 1. The molecule has 0 aliphatic heterocycles. The van der Waals surface area contributed by atoms with Crippen LogP contribution in [0, 0.1) is 0 Å². The Labute approximate surface area is 169 Å². The normalized spacial score (nSPS) is 11.0. The first-order chi connectivity index (χ1) is 13.6. The monoisotopic (exact) mass is 411 g/mol. The fourth-order valence-electron chi connectivity index (χ4n) is 2.73. The molecule has 3 aromatic heterocycles. The van der Waals surface area contributed by atoms with Crippen molar-refractivity contribution < 1.29 is 9.21 Å². The van der Waals surface area contributed by atoms with Gasteiger partial charge in [-0.25, -0.2) is 4.98 Å². The molecule has 0 bridgehead atoms. The number of aromatic nitrogens is 2. The van der Waals surface area contributed by atoms with E-state index in [-0.39, 0.29) is 11.5 Å². The second kappa shape index (κ2) is 8.04. The molecule has 1 aromatic carbocycles. The Balaban J connectivity index is 1.46. The van der Waals surface area contributed by atoms with Gasteiger partial charge in [0.2, 0.25) is 0 Å². The van der Waals surface area contributed by atoms with Crippen molar-refractivity contribution in [2.45, 2.75) is 17.5 Å². The van der Waals surface area contributed by atoms with Crippen molar-refractivity contribution in [2.75, 3.05) is 0 Å². The summed E-state index contributed by atoms with van der Waals surface area (Å²) in [4.78, 5) is 29.3. The fourth-order valence-corrected chi connectivity index (χ4v) is 4.45. The van der Waals surface area contributed by atoms with Gasteiger partial charge in [-0.15, -0.1) is 11.3 Å². The summed E-state index contributed by atoms with van der Waals surface area (Å²) in [6.45, 7) is 0.345. The van der Waals surface area contributed by atoms with Gasteiger partial charge in [-0.2, -0.15) is 0 Å². The summed E-state index contributed by atoms with van der Waals surface area (Å²) < 4.78 is 7.47. The zero-order valence-electron chi connectivity index (χ0n) is 15.0. The molecule has 0 saturated heterocycles. The number of carbonyl (C=O) groups is 1. The summed E-state index contributed by atoms with van der Waals surface area (Å²) >= 11 is 2.88. The highest BCUT2D eigenvalue weighted by atomic mass is 32.2. The Hall–Kier alpha value is -2.84. The molecule has 0 unspecified atom stereocenters. The highest BCUT2D eigenvalue weighted by Gasteiger charge is 2.11. The standard InChI is InChI=1S/C20H17N3O3S2/c1-23-19(25)17-16(7-9-27-17)22-20(23)28-12-13-4-2-5-14(10-13)18(24)21-11-15-6-3-8-26-15/h2-10H,11-12H2,1H3,(H,21,24). The van der Waals surface area contributed by atoms with Crippen LogP contribution < -0.4 is 10.9 Å². The lowest BCUT2D eigenvalue weighted by Gasteiger charge is -2.08. The van der Waals surface area contributed by atoms with Gasteiger partial charge in [0.15, 0.2) is 5.16 Å². The van der Waals surface area contributed by atoms with E-state index in [0.717, 1.165) is 11.1 Å². The number of nitrogens with zero attached hydrogens (tertiary/aromatic N) is 2. The number of benzene rings is 1. The smallest absolute Gasteiger partial charge is 0.271 e. The molecule has 142 valence electrons. The second-order valence-corrected chi connectivity index (χ2v) is 8.00. The maximum atomic E-state index is 12.4.